The average Bonchev–Trinajstić information content (AvgIpc) is 3.09. The van der Waals surface area contributed by atoms with Gasteiger partial charge in [0.15, 0.2) is 5.78 Å². The Labute approximate surface area is 141 Å². The van der Waals surface area contributed by atoms with Gasteiger partial charge in [-0.3, -0.25) is 4.79 Å². The first-order valence-electron chi connectivity index (χ1n) is 7.64. The number of carbonyl (C=O) groups is 1. The molecule has 0 aliphatic carbocycles. The minimum absolute atomic E-state index is 0.0944. The number of aryl methyl sites for hydroxylation is 1. The largest absolute Gasteiger partial charge is 0.496 e. The van der Waals surface area contributed by atoms with Gasteiger partial charge in [-0.15, -0.1) is 0 Å². The Morgan fingerprint density at radius 2 is 1.96 bits per heavy atom. The summed E-state index contributed by atoms with van der Waals surface area (Å²) < 4.78 is 7.04. The highest BCUT2D eigenvalue weighted by Crippen LogP contribution is 2.21. The second kappa shape index (κ2) is 6.96. The maximum absolute atomic E-state index is 12.4. The van der Waals surface area contributed by atoms with E-state index >= 15 is 0 Å². The van der Waals surface area contributed by atoms with Crippen LogP contribution >= 0.6 is 0 Å². The summed E-state index contributed by atoms with van der Waals surface area (Å²) in [7, 11) is 1.56. The molecule has 0 radical (unpaired) electrons. The normalized spacial score (nSPS) is 10.9. The van der Waals surface area contributed by atoms with Crippen LogP contribution in [0.3, 0.4) is 0 Å². The Bertz CT molecular complexity index is 880. The van der Waals surface area contributed by atoms with E-state index in [1.54, 1.807) is 30.1 Å². The molecule has 0 atom stereocenters. The van der Waals surface area contributed by atoms with E-state index in [2.05, 4.69) is 5.10 Å². The SMILES string of the molecule is COc1ccc(C)cc1C(=O)/C=C/c1cnn(-c2ccccc2)c1. The molecule has 1 aromatic heterocycles. The van der Waals surface area contributed by atoms with Crippen LogP contribution in [-0.4, -0.2) is 22.7 Å². The van der Waals surface area contributed by atoms with E-state index in [0.29, 0.717) is 11.3 Å². The summed E-state index contributed by atoms with van der Waals surface area (Å²) >= 11 is 0. The van der Waals surface area contributed by atoms with E-state index in [-0.39, 0.29) is 5.78 Å². The van der Waals surface area contributed by atoms with Gasteiger partial charge in [0, 0.05) is 11.8 Å². The third kappa shape index (κ3) is 3.43. The van der Waals surface area contributed by atoms with Gasteiger partial charge in [0.2, 0.25) is 0 Å². The number of ether oxygens (including phenoxy) is 1. The van der Waals surface area contributed by atoms with Crippen molar-refractivity contribution in [1.29, 1.82) is 0 Å². The molecule has 0 N–H and O–H groups in total. The number of benzene rings is 2. The monoisotopic (exact) mass is 318 g/mol. The lowest BCUT2D eigenvalue weighted by atomic mass is 10.1. The number of hydrogen-bond donors (Lipinski definition) is 0. The van der Waals surface area contributed by atoms with E-state index in [1.165, 1.54) is 0 Å². The molecular formula is C20H18N2O2. The van der Waals surface area contributed by atoms with Crippen LogP contribution in [0.4, 0.5) is 0 Å². The summed E-state index contributed by atoms with van der Waals surface area (Å²) in [5.41, 5.74) is 3.41. The Balaban J connectivity index is 1.80. The first-order valence-corrected chi connectivity index (χ1v) is 7.64. The van der Waals surface area contributed by atoms with Crippen LogP contribution in [0.2, 0.25) is 0 Å². The molecular weight excluding hydrogens is 300 g/mol. The molecule has 0 fully saturated rings. The number of allylic oxidation sites excluding steroid dienone is 1. The van der Waals surface area contributed by atoms with Crippen LogP contribution < -0.4 is 4.74 Å². The van der Waals surface area contributed by atoms with Crippen LogP contribution in [0.5, 0.6) is 5.75 Å². The average molecular weight is 318 g/mol. The summed E-state index contributed by atoms with van der Waals surface area (Å²) in [4.78, 5) is 12.4. The quantitative estimate of drug-likeness (QED) is 0.526. The fourth-order valence-corrected chi connectivity index (χ4v) is 2.42. The van der Waals surface area contributed by atoms with Gasteiger partial charge in [-0.25, -0.2) is 4.68 Å². The smallest absolute Gasteiger partial charge is 0.189 e. The number of para-hydroxylation sites is 1. The molecule has 0 saturated heterocycles. The van der Waals surface area contributed by atoms with E-state index in [0.717, 1.165) is 16.8 Å². The van der Waals surface area contributed by atoms with E-state index in [9.17, 15) is 4.79 Å². The lowest BCUT2D eigenvalue weighted by Crippen LogP contribution is -1.99. The number of aromatic nitrogens is 2. The van der Waals surface area contributed by atoms with Crippen LogP contribution in [0.1, 0.15) is 21.5 Å². The maximum Gasteiger partial charge on any atom is 0.189 e. The Kier molecular flexibility index (Phi) is 4.57. The first-order chi connectivity index (χ1) is 11.7. The topological polar surface area (TPSA) is 44.1 Å². The zero-order chi connectivity index (χ0) is 16.9. The molecule has 4 nitrogen and oxygen atoms in total. The predicted octanol–water partition coefficient (Wildman–Crippen LogP) is 4.09. The van der Waals surface area contributed by atoms with Crippen molar-refractivity contribution < 1.29 is 9.53 Å². The number of carbonyl (C=O) groups excluding carboxylic acids is 1. The zero-order valence-corrected chi connectivity index (χ0v) is 13.6. The summed E-state index contributed by atoms with van der Waals surface area (Å²) in [6, 6.07) is 15.4. The fourth-order valence-electron chi connectivity index (χ4n) is 2.42. The molecule has 0 bridgehead atoms. The van der Waals surface area contributed by atoms with Crippen molar-refractivity contribution in [2.75, 3.05) is 7.11 Å². The molecule has 0 saturated carbocycles. The van der Waals surface area contributed by atoms with Crippen molar-refractivity contribution >= 4 is 11.9 Å². The van der Waals surface area contributed by atoms with E-state index in [1.807, 2.05) is 61.7 Å². The summed E-state index contributed by atoms with van der Waals surface area (Å²) in [6.07, 6.45) is 6.91. The second-order valence-corrected chi connectivity index (χ2v) is 5.46. The highest BCUT2D eigenvalue weighted by Gasteiger charge is 2.09. The standard InChI is InChI=1S/C20H18N2O2/c1-15-8-11-20(24-2)18(12-15)19(23)10-9-16-13-21-22(14-16)17-6-4-3-5-7-17/h3-14H,1-2H3/b10-9+. The number of hydrogen-bond acceptors (Lipinski definition) is 3. The number of rotatable bonds is 5. The van der Waals surface area contributed by atoms with Crippen molar-refractivity contribution in [1.82, 2.24) is 9.78 Å². The summed E-state index contributed by atoms with van der Waals surface area (Å²) in [5.74, 6) is 0.484. The van der Waals surface area contributed by atoms with Crippen molar-refractivity contribution in [3.63, 3.8) is 0 Å². The molecule has 4 heteroatoms. The molecule has 0 amide bonds. The highest BCUT2D eigenvalue weighted by molar-refractivity contribution is 6.08. The molecule has 1 heterocycles. The molecule has 0 unspecified atom stereocenters. The Hall–Kier alpha value is -3.14. The predicted molar refractivity (Wildman–Crippen MR) is 94.7 cm³/mol. The van der Waals surface area contributed by atoms with Gasteiger partial charge in [-0.1, -0.05) is 29.8 Å². The van der Waals surface area contributed by atoms with Gasteiger partial charge in [-0.05, 0) is 43.3 Å². The van der Waals surface area contributed by atoms with Gasteiger partial charge in [0.05, 0.1) is 24.6 Å². The van der Waals surface area contributed by atoms with Crippen LogP contribution in [0.15, 0.2) is 67.0 Å². The molecule has 0 aliphatic rings. The fraction of sp³-hybridized carbons (Fsp3) is 0.100. The lowest BCUT2D eigenvalue weighted by molar-refractivity contribution is 0.104. The third-order valence-corrected chi connectivity index (χ3v) is 3.67. The van der Waals surface area contributed by atoms with Crippen LogP contribution in [0.25, 0.3) is 11.8 Å². The molecule has 0 spiro atoms. The minimum Gasteiger partial charge on any atom is -0.496 e. The van der Waals surface area contributed by atoms with Gasteiger partial charge in [0.25, 0.3) is 0 Å². The second-order valence-electron chi connectivity index (χ2n) is 5.46. The minimum atomic E-state index is -0.0944. The number of methoxy groups -OCH3 is 1. The molecule has 3 rings (SSSR count). The van der Waals surface area contributed by atoms with Gasteiger partial charge >= 0.3 is 0 Å². The molecule has 120 valence electrons. The van der Waals surface area contributed by atoms with Crippen LogP contribution in [0, 0.1) is 6.92 Å². The van der Waals surface area contributed by atoms with E-state index < -0.39 is 0 Å². The first kappa shape index (κ1) is 15.7. The summed E-state index contributed by atoms with van der Waals surface area (Å²) in [6.45, 7) is 1.95. The molecule has 24 heavy (non-hydrogen) atoms. The molecule has 0 aliphatic heterocycles. The Morgan fingerprint density at radius 1 is 1.17 bits per heavy atom. The molecule has 2 aromatic carbocycles. The summed E-state index contributed by atoms with van der Waals surface area (Å²) in [5, 5.41) is 4.31. The highest BCUT2D eigenvalue weighted by atomic mass is 16.5. The third-order valence-electron chi connectivity index (χ3n) is 3.67. The van der Waals surface area contributed by atoms with Crippen LogP contribution in [-0.2, 0) is 0 Å². The van der Waals surface area contributed by atoms with E-state index in [4.69, 9.17) is 4.74 Å². The number of ketones is 1. The number of nitrogens with zero attached hydrogens (tertiary/aromatic N) is 2. The van der Waals surface area contributed by atoms with Gasteiger partial charge < -0.3 is 4.74 Å². The zero-order valence-electron chi connectivity index (χ0n) is 13.6. The van der Waals surface area contributed by atoms with Crippen molar-refractivity contribution in [3.05, 3.63) is 83.7 Å². The maximum atomic E-state index is 12.4. The van der Waals surface area contributed by atoms with Crippen molar-refractivity contribution in [3.8, 4) is 11.4 Å². The van der Waals surface area contributed by atoms with Crippen molar-refractivity contribution in [2.24, 2.45) is 0 Å². The lowest BCUT2D eigenvalue weighted by Gasteiger charge is -2.06. The van der Waals surface area contributed by atoms with Gasteiger partial charge in [-0.2, -0.15) is 5.10 Å². The molecule has 3 aromatic rings. The Morgan fingerprint density at radius 3 is 2.71 bits per heavy atom. The van der Waals surface area contributed by atoms with Gasteiger partial charge in [0.1, 0.15) is 5.75 Å². The van der Waals surface area contributed by atoms with Crippen molar-refractivity contribution in [2.45, 2.75) is 6.92 Å².